The van der Waals surface area contributed by atoms with Gasteiger partial charge in [-0.05, 0) is 66.1 Å². The summed E-state index contributed by atoms with van der Waals surface area (Å²) in [6.07, 6.45) is -1.17. The van der Waals surface area contributed by atoms with Gasteiger partial charge in [-0.1, -0.05) is 6.07 Å². The number of carbonyl (C=O) groups is 2. The van der Waals surface area contributed by atoms with Crippen molar-refractivity contribution in [2.24, 2.45) is 5.92 Å². The van der Waals surface area contributed by atoms with Crippen LogP contribution in [0, 0.1) is 12.8 Å². The SMILES string of the molecule is Cc1ccc(NC(=O)c2cc(C(F)(F)F)cnn2)cc1-c1ccnc(-c2ccnc(NC(=O)C3CNCC3(F)F)c2)c1. The van der Waals surface area contributed by atoms with Crippen LogP contribution in [0.2, 0.25) is 0 Å². The summed E-state index contributed by atoms with van der Waals surface area (Å²) in [6.45, 7) is 1.13. The third kappa shape index (κ3) is 6.22. The monoisotopic (exact) mass is 583 g/mol. The van der Waals surface area contributed by atoms with E-state index in [0.717, 1.165) is 5.56 Å². The Morgan fingerprint density at radius 3 is 2.48 bits per heavy atom. The van der Waals surface area contributed by atoms with Gasteiger partial charge in [0, 0.05) is 30.2 Å². The highest BCUT2D eigenvalue weighted by molar-refractivity contribution is 6.03. The molecule has 1 aliphatic rings. The van der Waals surface area contributed by atoms with Gasteiger partial charge >= 0.3 is 6.18 Å². The van der Waals surface area contributed by atoms with Crippen LogP contribution in [-0.4, -0.2) is 51.0 Å². The molecule has 4 aromatic rings. The number of nitrogens with one attached hydrogen (secondary N) is 3. The molecule has 1 saturated heterocycles. The molecule has 0 spiro atoms. The quantitative estimate of drug-likeness (QED) is 0.274. The third-order valence-corrected chi connectivity index (χ3v) is 6.62. The smallest absolute Gasteiger partial charge is 0.321 e. The van der Waals surface area contributed by atoms with Crippen molar-refractivity contribution in [2.75, 3.05) is 23.7 Å². The Morgan fingerprint density at radius 2 is 1.74 bits per heavy atom. The van der Waals surface area contributed by atoms with Crippen LogP contribution in [0.3, 0.4) is 0 Å². The zero-order valence-corrected chi connectivity index (χ0v) is 21.8. The van der Waals surface area contributed by atoms with Crippen LogP contribution in [0.25, 0.3) is 22.4 Å². The topological polar surface area (TPSA) is 122 Å². The normalized spacial score (nSPS) is 16.2. The molecule has 1 aliphatic heterocycles. The number of benzene rings is 1. The summed E-state index contributed by atoms with van der Waals surface area (Å²) in [6, 6.07) is 12.3. The number of anilines is 2. The number of pyridine rings is 2. The first-order valence-electron chi connectivity index (χ1n) is 12.5. The van der Waals surface area contributed by atoms with Gasteiger partial charge in [-0.25, -0.2) is 13.8 Å². The number of nitrogens with zero attached hydrogens (tertiary/aromatic N) is 4. The van der Waals surface area contributed by atoms with Crippen molar-refractivity contribution in [3.63, 3.8) is 0 Å². The lowest BCUT2D eigenvalue weighted by Crippen LogP contribution is -2.36. The van der Waals surface area contributed by atoms with Crippen molar-refractivity contribution in [1.29, 1.82) is 0 Å². The zero-order chi connectivity index (χ0) is 30.1. The highest BCUT2D eigenvalue weighted by Crippen LogP contribution is 2.32. The number of amides is 2. The van der Waals surface area contributed by atoms with Gasteiger partial charge in [0.25, 0.3) is 11.8 Å². The Balaban J connectivity index is 1.36. The minimum absolute atomic E-state index is 0.0889. The maximum atomic E-state index is 14.0. The van der Waals surface area contributed by atoms with Gasteiger partial charge in [-0.2, -0.15) is 18.3 Å². The molecule has 1 fully saturated rings. The summed E-state index contributed by atoms with van der Waals surface area (Å²) in [4.78, 5) is 33.5. The Hall–Kier alpha value is -4.85. The van der Waals surface area contributed by atoms with E-state index in [0.29, 0.717) is 40.3 Å². The highest BCUT2D eigenvalue weighted by Gasteiger charge is 2.48. The lowest BCUT2D eigenvalue weighted by atomic mass is 9.99. The van der Waals surface area contributed by atoms with E-state index >= 15 is 0 Å². The Labute approximate surface area is 235 Å². The number of carbonyl (C=O) groups excluding carboxylic acids is 2. The van der Waals surface area contributed by atoms with Gasteiger partial charge in [0.2, 0.25) is 5.91 Å². The minimum Gasteiger partial charge on any atom is -0.321 e. The van der Waals surface area contributed by atoms with Crippen molar-refractivity contribution in [1.82, 2.24) is 25.5 Å². The molecule has 0 bridgehead atoms. The first-order chi connectivity index (χ1) is 19.9. The number of hydrogen-bond donors (Lipinski definition) is 3. The molecule has 5 rings (SSSR count). The van der Waals surface area contributed by atoms with Crippen molar-refractivity contribution < 1.29 is 31.5 Å². The predicted molar refractivity (Wildman–Crippen MR) is 143 cm³/mol. The van der Waals surface area contributed by atoms with Crippen LogP contribution in [0.4, 0.5) is 33.5 Å². The molecule has 0 radical (unpaired) electrons. The van der Waals surface area contributed by atoms with Crippen LogP contribution in [0.5, 0.6) is 0 Å². The molecular weight excluding hydrogens is 561 g/mol. The maximum absolute atomic E-state index is 14.0. The Morgan fingerprint density at radius 1 is 0.976 bits per heavy atom. The molecule has 42 heavy (non-hydrogen) atoms. The summed E-state index contributed by atoms with van der Waals surface area (Å²) in [5.41, 5.74) is 2.00. The average Bonchev–Trinajstić information content (AvgIpc) is 3.32. The first-order valence-corrected chi connectivity index (χ1v) is 12.5. The molecule has 1 aromatic carbocycles. The Bertz CT molecular complexity index is 1660. The fourth-order valence-electron chi connectivity index (χ4n) is 4.41. The minimum atomic E-state index is -4.68. The van der Waals surface area contributed by atoms with Gasteiger partial charge in [0.15, 0.2) is 5.69 Å². The van der Waals surface area contributed by atoms with E-state index in [9.17, 15) is 31.5 Å². The predicted octanol–water partition coefficient (Wildman–Crippen LogP) is 4.97. The highest BCUT2D eigenvalue weighted by atomic mass is 19.4. The summed E-state index contributed by atoms with van der Waals surface area (Å²) >= 11 is 0. The zero-order valence-electron chi connectivity index (χ0n) is 21.8. The van der Waals surface area contributed by atoms with E-state index < -0.39 is 47.6 Å². The molecule has 14 heteroatoms. The van der Waals surface area contributed by atoms with E-state index in [2.05, 4.69) is 36.1 Å². The third-order valence-electron chi connectivity index (χ3n) is 6.62. The molecule has 1 unspecified atom stereocenters. The molecule has 0 aliphatic carbocycles. The van der Waals surface area contributed by atoms with E-state index in [-0.39, 0.29) is 12.4 Å². The number of aromatic nitrogens is 4. The van der Waals surface area contributed by atoms with Crippen LogP contribution >= 0.6 is 0 Å². The summed E-state index contributed by atoms with van der Waals surface area (Å²) in [5.74, 6) is -6.30. The molecule has 3 aromatic heterocycles. The summed E-state index contributed by atoms with van der Waals surface area (Å²) in [5, 5.41) is 14.3. The van der Waals surface area contributed by atoms with Crippen LogP contribution in [0.15, 0.2) is 67.1 Å². The number of halogens is 5. The average molecular weight is 584 g/mol. The lowest BCUT2D eigenvalue weighted by molar-refractivity contribution is -0.138. The van der Waals surface area contributed by atoms with Crippen molar-refractivity contribution in [3.05, 3.63) is 83.9 Å². The summed E-state index contributed by atoms with van der Waals surface area (Å²) < 4.78 is 67.0. The van der Waals surface area contributed by atoms with Crippen LogP contribution < -0.4 is 16.0 Å². The Kier molecular flexibility index (Phi) is 7.65. The van der Waals surface area contributed by atoms with E-state index in [4.69, 9.17) is 0 Å². The second kappa shape index (κ2) is 11.2. The van der Waals surface area contributed by atoms with E-state index in [1.54, 1.807) is 42.6 Å². The maximum Gasteiger partial charge on any atom is 0.418 e. The molecule has 0 saturated carbocycles. The van der Waals surface area contributed by atoms with Crippen molar-refractivity contribution in [2.45, 2.75) is 19.0 Å². The molecule has 4 heterocycles. The standard InChI is InChI=1S/C28H22F5N7O2/c1-15-2-3-19(38-26(42)23-10-18(12-37-40-23)28(31,32)33)11-20(15)16-4-6-35-22(8-16)17-5-7-36-24(9-17)39-25(41)21-13-34-14-27(21,29)30/h2-12,21,34H,13-14H2,1H3,(H,38,42)(H,36,39,41). The van der Waals surface area contributed by atoms with E-state index in [1.165, 1.54) is 12.3 Å². The van der Waals surface area contributed by atoms with Gasteiger partial charge < -0.3 is 16.0 Å². The second-order valence-corrected chi connectivity index (χ2v) is 9.60. The number of aryl methyl sites for hydroxylation is 1. The fourth-order valence-corrected chi connectivity index (χ4v) is 4.41. The molecule has 3 N–H and O–H groups in total. The van der Waals surface area contributed by atoms with Gasteiger partial charge in [-0.15, -0.1) is 5.10 Å². The molecular formula is C28H22F5N7O2. The largest absolute Gasteiger partial charge is 0.418 e. The van der Waals surface area contributed by atoms with Crippen LogP contribution in [0.1, 0.15) is 21.6 Å². The van der Waals surface area contributed by atoms with E-state index in [1.807, 2.05) is 6.92 Å². The second-order valence-electron chi connectivity index (χ2n) is 9.60. The fraction of sp³-hybridized carbons (Fsp3) is 0.214. The molecule has 1 atom stereocenters. The van der Waals surface area contributed by atoms with Crippen molar-refractivity contribution >= 4 is 23.3 Å². The number of alkyl halides is 5. The van der Waals surface area contributed by atoms with Crippen molar-refractivity contribution in [3.8, 4) is 22.4 Å². The molecule has 2 amide bonds. The van der Waals surface area contributed by atoms with Gasteiger partial charge in [0.05, 0.1) is 24.0 Å². The van der Waals surface area contributed by atoms with Gasteiger partial charge in [0.1, 0.15) is 11.7 Å². The van der Waals surface area contributed by atoms with Crippen LogP contribution in [-0.2, 0) is 11.0 Å². The van der Waals surface area contributed by atoms with Gasteiger partial charge in [-0.3, -0.25) is 14.6 Å². The molecule has 9 nitrogen and oxygen atoms in total. The number of hydrogen-bond acceptors (Lipinski definition) is 7. The summed E-state index contributed by atoms with van der Waals surface area (Å²) in [7, 11) is 0. The lowest BCUT2D eigenvalue weighted by Gasteiger charge is -2.17. The first kappa shape index (κ1) is 28.7. The number of rotatable bonds is 6. The molecule has 216 valence electrons.